The summed E-state index contributed by atoms with van der Waals surface area (Å²) in [6.07, 6.45) is -15.2. The molecular formula is C9H14F6O. The lowest BCUT2D eigenvalue weighted by molar-refractivity contribution is -0.332. The molecule has 2 unspecified atom stereocenters. The van der Waals surface area contributed by atoms with Gasteiger partial charge in [-0.2, -0.15) is 26.3 Å². The number of halogens is 6. The molecular weight excluding hydrogens is 238 g/mol. The van der Waals surface area contributed by atoms with Crippen molar-refractivity contribution in [2.45, 2.75) is 51.8 Å². The number of hydrogen-bond donors (Lipinski definition) is 0. The van der Waals surface area contributed by atoms with E-state index in [0.29, 0.717) is 6.42 Å². The Hall–Kier alpha value is -0.460. The van der Waals surface area contributed by atoms with Gasteiger partial charge in [-0.05, 0) is 12.8 Å². The largest absolute Gasteiger partial charge is 0.423 e. The van der Waals surface area contributed by atoms with Crippen molar-refractivity contribution in [1.29, 1.82) is 0 Å². The third kappa shape index (κ3) is 4.59. The molecule has 2 atom stereocenters. The molecule has 0 saturated carbocycles. The molecule has 0 radical (unpaired) electrons. The van der Waals surface area contributed by atoms with Crippen LogP contribution in [-0.2, 0) is 4.74 Å². The number of rotatable bonds is 4. The normalized spacial score (nSPS) is 17.6. The van der Waals surface area contributed by atoms with Crippen molar-refractivity contribution in [3.63, 3.8) is 0 Å². The summed E-state index contributed by atoms with van der Waals surface area (Å²) >= 11 is 0. The number of ether oxygens (including phenoxy) is 1. The smallest absolute Gasteiger partial charge is 0.358 e. The highest BCUT2D eigenvalue weighted by Gasteiger charge is 2.58. The zero-order valence-corrected chi connectivity index (χ0v) is 9.12. The highest BCUT2D eigenvalue weighted by molar-refractivity contribution is 4.78. The van der Waals surface area contributed by atoms with Crippen LogP contribution < -0.4 is 0 Å². The first-order chi connectivity index (χ1) is 7.00. The van der Waals surface area contributed by atoms with Gasteiger partial charge in [0.1, 0.15) is 0 Å². The van der Waals surface area contributed by atoms with Gasteiger partial charge in [0.05, 0.1) is 6.10 Å². The minimum absolute atomic E-state index is 0.368. The van der Waals surface area contributed by atoms with Gasteiger partial charge >= 0.3 is 12.4 Å². The van der Waals surface area contributed by atoms with Crippen LogP contribution in [0.15, 0.2) is 0 Å². The first-order valence-electron chi connectivity index (χ1n) is 4.79. The highest BCUT2D eigenvalue weighted by atomic mass is 19.4. The molecule has 0 heterocycles. The van der Waals surface area contributed by atoms with Crippen molar-refractivity contribution in [2.24, 2.45) is 5.92 Å². The van der Waals surface area contributed by atoms with Crippen molar-refractivity contribution < 1.29 is 31.1 Å². The summed E-state index contributed by atoms with van der Waals surface area (Å²) in [5.41, 5.74) is 0. The summed E-state index contributed by atoms with van der Waals surface area (Å²) in [6.45, 7) is 4.41. The molecule has 0 fully saturated rings. The van der Waals surface area contributed by atoms with E-state index in [-0.39, 0.29) is 5.92 Å². The predicted octanol–water partition coefficient (Wildman–Crippen LogP) is 3.93. The molecule has 0 rings (SSSR count). The number of alkyl halides is 6. The van der Waals surface area contributed by atoms with E-state index >= 15 is 0 Å². The third-order valence-electron chi connectivity index (χ3n) is 2.39. The fourth-order valence-electron chi connectivity index (χ4n) is 1.02. The molecule has 0 aliphatic heterocycles. The van der Waals surface area contributed by atoms with Gasteiger partial charge < -0.3 is 4.74 Å². The molecule has 0 aromatic heterocycles. The second kappa shape index (κ2) is 5.25. The first-order valence-corrected chi connectivity index (χ1v) is 4.79. The van der Waals surface area contributed by atoms with E-state index in [4.69, 9.17) is 0 Å². The van der Waals surface area contributed by atoms with Gasteiger partial charge in [-0.1, -0.05) is 20.3 Å². The van der Waals surface area contributed by atoms with Gasteiger partial charge in [0.15, 0.2) is 0 Å². The van der Waals surface area contributed by atoms with Crippen molar-refractivity contribution in [2.75, 3.05) is 0 Å². The Morgan fingerprint density at radius 1 is 0.938 bits per heavy atom. The van der Waals surface area contributed by atoms with Crippen LogP contribution in [0.3, 0.4) is 0 Å². The predicted molar refractivity (Wildman–Crippen MR) is 45.9 cm³/mol. The van der Waals surface area contributed by atoms with Crippen LogP contribution in [0.2, 0.25) is 0 Å². The van der Waals surface area contributed by atoms with E-state index in [1.807, 2.05) is 0 Å². The fraction of sp³-hybridized carbons (Fsp3) is 1.00. The molecule has 0 aliphatic carbocycles. The van der Waals surface area contributed by atoms with Crippen LogP contribution in [0.25, 0.3) is 0 Å². The van der Waals surface area contributed by atoms with Crippen LogP contribution in [0.1, 0.15) is 27.2 Å². The first kappa shape index (κ1) is 15.5. The van der Waals surface area contributed by atoms with E-state index in [2.05, 4.69) is 4.74 Å². The Morgan fingerprint density at radius 2 is 1.31 bits per heavy atom. The summed E-state index contributed by atoms with van der Waals surface area (Å²) in [5.74, 6) is -0.368. The zero-order chi connectivity index (χ0) is 13.1. The van der Waals surface area contributed by atoms with Crippen LogP contribution in [0.5, 0.6) is 0 Å². The van der Waals surface area contributed by atoms with E-state index < -0.39 is 24.6 Å². The molecule has 0 N–H and O–H groups in total. The molecule has 98 valence electrons. The lowest BCUT2D eigenvalue weighted by Gasteiger charge is -2.28. The lowest BCUT2D eigenvalue weighted by atomic mass is 10.0. The van der Waals surface area contributed by atoms with E-state index in [1.54, 1.807) is 6.92 Å². The molecule has 0 bridgehead atoms. The van der Waals surface area contributed by atoms with Gasteiger partial charge in [0.2, 0.25) is 6.10 Å². The van der Waals surface area contributed by atoms with E-state index in [0.717, 1.165) is 0 Å². The zero-order valence-electron chi connectivity index (χ0n) is 9.12. The Balaban J connectivity index is 4.71. The number of hydrogen-bond acceptors (Lipinski definition) is 1. The highest BCUT2D eigenvalue weighted by Crippen LogP contribution is 2.37. The molecule has 16 heavy (non-hydrogen) atoms. The maximum atomic E-state index is 12.1. The Morgan fingerprint density at radius 3 is 1.56 bits per heavy atom. The van der Waals surface area contributed by atoms with Crippen molar-refractivity contribution in [1.82, 2.24) is 0 Å². The maximum Gasteiger partial charge on any atom is 0.423 e. The molecule has 0 spiro atoms. The van der Waals surface area contributed by atoms with E-state index in [1.165, 1.54) is 13.8 Å². The molecule has 7 heteroatoms. The summed E-state index contributed by atoms with van der Waals surface area (Å²) in [7, 11) is 0. The maximum absolute atomic E-state index is 12.1. The van der Waals surface area contributed by atoms with Gasteiger partial charge in [0.25, 0.3) is 0 Å². The Labute approximate surface area is 89.8 Å². The molecule has 0 amide bonds. The van der Waals surface area contributed by atoms with Crippen molar-refractivity contribution >= 4 is 0 Å². The van der Waals surface area contributed by atoms with Gasteiger partial charge in [0, 0.05) is 0 Å². The second-order valence-electron chi connectivity index (χ2n) is 3.69. The monoisotopic (exact) mass is 252 g/mol. The molecule has 0 aliphatic rings. The van der Waals surface area contributed by atoms with E-state index in [9.17, 15) is 26.3 Å². The Kier molecular flexibility index (Phi) is 5.10. The molecule has 0 aromatic rings. The molecule has 1 nitrogen and oxygen atoms in total. The molecule has 0 saturated heterocycles. The Bertz CT molecular complexity index is 195. The van der Waals surface area contributed by atoms with Crippen LogP contribution in [0.4, 0.5) is 26.3 Å². The topological polar surface area (TPSA) is 9.23 Å². The summed E-state index contributed by atoms with van der Waals surface area (Å²) in [6, 6.07) is 0. The van der Waals surface area contributed by atoms with Gasteiger partial charge in [-0.15, -0.1) is 0 Å². The molecule has 0 aromatic carbocycles. The van der Waals surface area contributed by atoms with Crippen LogP contribution in [0, 0.1) is 5.92 Å². The standard InChI is InChI=1S/C9H14F6O/c1-4-5(2)6(3)16-7(8(10,11)12)9(13,14)15/h5-7H,4H2,1-3H3. The summed E-state index contributed by atoms with van der Waals surface area (Å²) in [4.78, 5) is 0. The average Bonchev–Trinajstić information content (AvgIpc) is 2.08. The lowest BCUT2D eigenvalue weighted by Crippen LogP contribution is -2.46. The van der Waals surface area contributed by atoms with Gasteiger partial charge in [-0.25, -0.2) is 0 Å². The average molecular weight is 252 g/mol. The third-order valence-corrected chi connectivity index (χ3v) is 2.39. The quantitative estimate of drug-likeness (QED) is 0.689. The minimum atomic E-state index is -5.43. The van der Waals surface area contributed by atoms with Crippen molar-refractivity contribution in [3.05, 3.63) is 0 Å². The SMILES string of the molecule is CCC(C)C(C)OC(C(F)(F)F)C(F)(F)F. The summed E-state index contributed by atoms with van der Waals surface area (Å²) in [5, 5.41) is 0. The second-order valence-corrected chi connectivity index (χ2v) is 3.69. The van der Waals surface area contributed by atoms with Crippen LogP contribution in [-0.4, -0.2) is 24.6 Å². The fourth-order valence-corrected chi connectivity index (χ4v) is 1.02. The summed E-state index contributed by atoms with van der Waals surface area (Å²) < 4.78 is 76.7. The van der Waals surface area contributed by atoms with Gasteiger partial charge in [-0.3, -0.25) is 0 Å². The van der Waals surface area contributed by atoms with Crippen LogP contribution >= 0.6 is 0 Å². The van der Waals surface area contributed by atoms with Crippen molar-refractivity contribution in [3.8, 4) is 0 Å². The minimum Gasteiger partial charge on any atom is -0.358 e.